The predicted molar refractivity (Wildman–Crippen MR) is 96.3 cm³/mol. The third-order valence-corrected chi connectivity index (χ3v) is 5.22. The Balaban J connectivity index is 2.00. The van der Waals surface area contributed by atoms with E-state index < -0.39 is 5.60 Å². The van der Waals surface area contributed by atoms with E-state index in [1.165, 1.54) is 22.0 Å². The summed E-state index contributed by atoms with van der Waals surface area (Å²) in [7, 11) is 0. The van der Waals surface area contributed by atoms with Crippen LogP contribution in [-0.4, -0.2) is 23.3 Å². The van der Waals surface area contributed by atoms with Gasteiger partial charge in [-0.3, -0.25) is 0 Å². The van der Waals surface area contributed by atoms with E-state index in [2.05, 4.69) is 42.2 Å². The average molecular weight is 321 g/mol. The lowest BCUT2D eigenvalue weighted by molar-refractivity contribution is -0.0458. The van der Waals surface area contributed by atoms with Gasteiger partial charge in [0.15, 0.2) is 0 Å². The summed E-state index contributed by atoms with van der Waals surface area (Å²) in [5.74, 6) is 0. The normalized spacial score (nSPS) is 20.2. The highest BCUT2D eigenvalue weighted by Crippen LogP contribution is 2.44. The summed E-state index contributed by atoms with van der Waals surface area (Å²) in [4.78, 5) is 3.67. The number of H-pyrrole nitrogens is 1. The van der Waals surface area contributed by atoms with Gasteiger partial charge in [0.05, 0.1) is 12.3 Å². The van der Waals surface area contributed by atoms with E-state index in [0.717, 1.165) is 24.1 Å². The third kappa shape index (κ3) is 2.20. The number of para-hydroxylation sites is 1. The first-order valence-corrected chi connectivity index (χ1v) is 8.73. The molecule has 0 bridgehead atoms. The van der Waals surface area contributed by atoms with Gasteiger partial charge < -0.3 is 14.8 Å². The van der Waals surface area contributed by atoms with Crippen LogP contribution in [-0.2, 0) is 23.2 Å². The van der Waals surface area contributed by atoms with Crippen molar-refractivity contribution >= 4 is 10.9 Å². The molecule has 4 rings (SSSR count). The maximum Gasteiger partial charge on any atom is 0.135 e. The number of nitrogens with one attached hydrogen (secondary N) is 1. The molecule has 1 unspecified atom stereocenters. The molecule has 2 N–H and O–H groups in total. The Labute approximate surface area is 142 Å². The summed E-state index contributed by atoms with van der Waals surface area (Å²) in [5, 5.41) is 11.0. The Morgan fingerprint density at radius 2 is 1.96 bits per heavy atom. The van der Waals surface area contributed by atoms with E-state index in [9.17, 15) is 5.11 Å². The molecule has 0 aliphatic carbocycles. The molecule has 3 aromatic rings. The van der Waals surface area contributed by atoms with Gasteiger partial charge in [-0.15, -0.1) is 0 Å². The second-order valence-corrected chi connectivity index (χ2v) is 6.44. The van der Waals surface area contributed by atoms with Gasteiger partial charge in [-0.2, -0.15) is 0 Å². The zero-order valence-corrected chi connectivity index (χ0v) is 14.0. The molecule has 2 aromatic carbocycles. The van der Waals surface area contributed by atoms with Crippen LogP contribution < -0.4 is 0 Å². The van der Waals surface area contributed by atoms with Crippen LogP contribution in [0.1, 0.15) is 35.7 Å². The molecule has 1 aliphatic rings. The van der Waals surface area contributed by atoms with Crippen molar-refractivity contribution in [3.05, 3.63) is 70.9 Å². The van der Waals surface area contributed by atoms with Gasteiger partial charge in [-0.05, 0) is 29.5 Å². The molecule has 3 heteroatoms. The summed E-state index contributed by atoms with van der Waals surface area (Å²) in [6, 6.07) is 16.8. The second kappa shape index (κ2) is 6.08. The van der Waals surface area contributed by atoms with Gasteiger partial charge in [0.2, 0.25) is 0 Å². The minimum absolute atomic E-state index is 0.0876. The molecular formula is C21H23NO2. The van der Waals surface area contributed by atoms with Crippen molar-refractivity contribution in [1.29, 1.82) is 0 Å². The molecular weight excluding hydrogens is 298 g/mol. The first kappa shape index (κ1) is 15.4. The Hall–Kier alpha value is -2.10. The molecule has 0 amide bonds. The van der Waals surface area contributed by atoms with E-state index in [1.54, 1.807) is 0 Å². The van der Waals surface area contributed by atoms with E-state index in [1.807, 2.05) is 18.2 Å². The van der Waals surface area contributed by atoms with Crippen LogP contribution >= 0.6 is 0 Å². The quantitative estimate of drug-likeness (QED) is 0.765. The molecule has 0 radical (unpaired) electrons. The Bertz CT molecular complexity index is 853. The van der Waals surface area contributed by atoms with Gasteiger partial charge in [0.25, 0.3) is 0 Å². The molecule has 3 nitrogen and oxygen atoms in total. The van der Waals surface area contributed by atoms with Crippen LogP contribution in [0.4, 0.5) is 0 Å². The van der Waals surface area contributed by atoms with E-state index in [-0.39, 0.29) is 6.61 Å². The topological polar surface area (TPSA) is 45.2 Å². The highest BCUT2D eigenvalue weighted by atomic mass is 16.5. The number of benzene rings is 2. The third-order valence-electron chi connectivity index (χ3n) is 5.22. The number of aromatic nitrogens is 1. The first-order chi connectivity index (χ1) is 11.8. The number of hydrogen-bond donors (Lipinski definition) is 2. The fourth-order valence-corrected chi connectivity index (χ4v) is 4.07. The number of aromatic amines is 1. The van der Waals surface area contributed by atoms with E-state index in [4.69, 9.17) is 4.74 Å². The van der Waals surface area contributed by atoms with Crippen molar-refractivity contribution in [3.63, 3.8) is 0 Å². The number of aryl methyl sites for hydroxylation is 1. The van der Waals surface area contributed by atoms with Crippen LogP contribution in [0.3, 0.4) is 0 Å². The van der Waals surface area contributed by atoms with Gasteiger partial charge >= 0.3 is 0 Å². The largest absolute Gasteiger partial charge is 0.396 e. The fourth-order valence-electron chi connectivity index (χ4n) is 4.07. The molecule has 1 aliphatic heterocycles. The molecule has 0 spiro atoms. The molecule has 0 fully saturated rings. The summed E-state index contributed by atoms with van der Waals surface area (Å²) in [6.07, 6.45) is 2.46. The van der Waals surface area contributed by atoms with Crippen LogP contribution in [0.2, 0.25) is 0 Å². The summed E-state index contributed by atoms with van der Waals surface area (Å²) in [6.45, 7) is 2.94. The van der Waals surface area contributed by atoms with Crippen molar-refractivity contribution in [3.8, 4) is 0 Å². The van der Waals surface area contributed by atoms with Gasteiger partial charge in [-0.1, -0.05) is 55.5 Å². The summed E-state index contributed by atoms with van der Waals surface area (Å²) >= 11 is 0. The van der Waals surface area contributed by atoms with Crippen LogP contribution in [0.5, 0.6) is 0 Å². The molecule has 1 atom stereocenters. The van der Waals surface area contributed by atoms with Crippen LogP contribution in [0.15, 0.2) is 48.5 Å². The van der Waals surface area contributed by atoms with Crippen molar-refractivity contribution in [1.82, 2.24) is 4.98 Å². The molecule has 124 valence electrons. The number of ether oxygens (including phenoxy) is 1. The highest BCUT2D eigenvalue weighted by Gasteiger charge is 2.41. The monoisotopic (exact) mass is 321 g/mol. The van der Waals surface area contributed by atoms with E-state index in [0.29, 0.717) is 13.0 Å². The lowest BCUT2D eigenvalue weighted by Gasteiger charge is -2.37. The zero-order valence-electron chi connectivity index (χ0n) is 14.0. The predicted octanol–water partition coefficient (Wildman–Crippen LogP) is 3.93. The highest BCUT2D eigenvalue weighted by molar-refractivity contribution is 5.88. The van der Waals surface area contributed by atoms with Gasteiger partial charge in [-0.25, -0.2) is 0 Å². The number of aliphatic hydroxyl groups is 1. The maximum absolute atomic E-state index is 9.75. The zero-order chi connectivity index (χ0) is 16.6. The Kier molecular flexibility index (Phi) is 3.91. The number of rotatable bonds is 4. The minimum Gasteiger partial charge on any atom is -0.396 e. The minimum atomic E-state index is -0.590. The SMILES string of the molecule is CCc1cccc2c3c([nH]c12)C(CCO)(c1ccccc1)OCC3. The summed E-state index contributed by atoms with van der Waals surface area (Å²) < 4.78 is 6.33. The average Bonchev–Trinajstić information content (AvgIpc) is 3.03. The fraction of sp³-hybridized carbons (Fsp3) is 0.333. The molecule has 1 aromatic heterocycles. The number of fused-ring (bicyclic) bond motifs is 3. The van der Waals surface area contributed by atoms with Crippen LogP contribution in [0.25, 0.3) is 10.9 Å². The number of aliphatic hydroxyl groups excluding tert-OH is 1. The second-order valence-electron chi connectivity index (χ2n) is 6.44. The lowest BCUT2D eigenvalue weighted by atomic mass is 9.82. The Morgan fingerprint density at radius 1 is 1.12 bits per heavy atom. The van der Waals surface area contributed by atoms with Crippen LogP contribution in [0, 0.1) is 0 Å². The van der Waals surface area contributed by atoms with Gasteiger partial charge in [0.1, 0.15) is 5.60 Å². The summed E-state index contributed by atoms with van der Waals surface area (Å²) in [5.41, 5.74) is 5.51. The van der Waals surface area contributed by atoms with Crippen molar-refractivity contribution < 1.29 is 9.84 Å². The number of hydrogen-bond acceptors (Lipinski definition) is 2. The lowest BCUT2D eigenvalue weighted by Crippen LogP contribution is -2.37. The van der Waals surface area contributed by atoms with Crippen molar-refractivity contribution in [2.75, 3.05) is 13.2 Å². The van der Waals surface area contributed by atoms with Crippen molar-refractivity contribution in [2.24, 2.45) is 0 Å². The molecule has 24 heavy (non-hydrogen) atoms. The molecule has 0 saturated carbocycles. The Morgan fingerprint density at radius 3 is 2.71 bits per heavy atom. The van der Waals surface area contributed by atoms with E-state index >= 15 is 0 Å². The maximum atomic E-state index is 9.75. The van der Waals surface area contributed by atoms with Gasteiger partial charge in [0, 0.05) is 23.9 Å². The smallest absolute Gasteiger partial charge is 0.135 e. The van der Waals surface area contributed by atoms with Crippen molar-refractivity contribution in [2.45, 2.75) is 31.8 Å². The molecule has 0 saturated heterocycles. The molecule has 2 heterocycles. The standard InChI is InChI=1S/C21H23NO2/c1-2-15-7-6-10-17-18-11-14-24-21(12-13-23,20(18)22-19(15)17)16-8-4-3-5-9-16/h3-10,22-23H,2,11-14H2,1H3. The first-order valence-electron chi connectivity index (χ1n) is 8.73.